The van der Waals surface area contributed by atoms with Crippen molar-refractivity contribution in [1.82, 2.24) is 0 Å². The van der Waals surface area contributed by atoms with Crippen molar-refractivity contribution in [3.05, 3.63) is 97.2 Å². The molecule has 6 nitrogen and oxygen atoms in total. The van der Waals surface area contributed by atoms with Crippen LogP contribution in [0.5, 0.6) is 0 Å². The molecule has 1 unspecified atom stereocenters. The molecule has 0 aliphatic heterocycles. The maximum absolute atomic E-state index is 12.9. The fraction of sp³-hybridized carbons (Fsp3) is 0.725. The summed E-state index contributed by atoms with van der Waals surface area (Å²) in [5, 5.41) is 0. The molecule has 0 bridgehead atoms. The Kier molecular flexibility index (Phi) is 59.8. The number of allylic oxidation sites excluding steroid dienone is 16. The normalized spacial score (nSPS) is 12.7. The van der Waals surface area contributed by atoms with Crippen molar-refractivity contribution >= 4 is 17.9 Å². The zero-order chi connectivity index (χ0) is 54.3. The standard InChI is InChI=1S/C69H118O6/c1-4-7-10-13-16-19-22-25-28-30-32-33-34-35-36-37-38-40-41-44-47-50-53-56-59-62-68(71)74-65-66(64-73-67(70)61-58-55-52-49-46-43-27-24-21-18-15-12-9-6-3)75-69(72)63-60-57-54-51-48-45-42-39-31-29-26-23-20-17-14-11-8-5-2/h7,10,16,19,24-25,27-29,31-33,35-36,38,40,66H,4-6,8-9,11-15,17-18,20-23,26,30,34,37,39,41-65H2,1-3H3/b10-7-,19-16-,27-24-,28-25-,31-29-,33-32-,36-35-,40-38-. The molecule has 0 saturated heterocycles. The number of hydrogen-bond donors (Lipinski definition) is 0. The summed E-state index contributed by atoms with van der Waals surface area (Å²) in [4.78, 5) is 38.3. The van der Waals surface area contributed by atoms with Gasteiger partial charge in [-0.2, -0.15) is 0 Å². The Balaban J connectivity index is 4.39. The number of unbranched alkanes of at least 4 members (excludes halogenated alkanes) is 30. The summed E-state index contributed by atoms with van der Waals surface area (Å²) in [6, 6.07) is 0. The molecule has 0 saturated carbocycles. The van der Waals surface area contributed by atoms with Crippen LogP contribution in [-0.2, 0) is 28.6 Å². The number of carbonyl (C=O) groups excluding carboxylic acids is 3. The molecule has 0 aromatic rings. The van der Waals surface area contributed by atoms with E-state index in [1.165, 1.54) is 148 Å². The van der Waals surface area contributed by atoms with Gasteiger partial charge in [0.2, 0.25) is 0 Å². The van der Waals surface area contributed by atoms with E-state index in [9.17, 15) is 14.4 Å². The van der Waals surface area contributed by atoms with Crippen molar-refractivity contribution in [1.29, 1.82) is 0 Å². The van der Waals surface area contributed by atoms with Gasteiger partial charge in [0, 0.05) is 19.3 Å². The molecule has 430 valence electrons. The van der Waals surface area contributed by atoms with Gasteiger partial charge in [0.15, 0.2) is 6.10 Å². The summed E-state index contributed by atoms with van der Waals surface area (Å²) >= 11 is 0. The summed E-state index contributed by atoms with van der Waals surface area (Å²) in [5.41, 5.74) is 0. The van der Waals surface area contributed by atoms with Crippen LogP contribution in [0.2, 0.25) is 0 Å². The van der Waals surface area contributed by atoms with Crippen LogP contribution in [0, 0.1) is 0 Å². The van der Waals surface area contributed by atoms with Gasteiger partial charge in [0.1, 0.15) is 13.2 Å². The predicted octanol–water partition coefficient (Wildman–Crippen LogP) is 21.7. The van der Waals surface area contributed by atoms with Crippen LogP contribution in [-0.4, -0.2) is 37.2 Å². The van der Waals surface area contributed by atoms with E-state index in [0.29, 0.717) is 19.3 Å². The van der Waals surface area contributed by atoms with Crippen LogP contribution in [0.1, 0.15) is 303 Å². The Hall–Kier alpha value is -3.67. The first kappa shape index (κ1) is 71.3. The molecular weight excluding hydrogens is 925 g/mol. The van der Waals surface area contributed by atoms with Gasteiger partial charge in [-0.3, -0.25) is 14.4 Å². The van der Waals surface area contributed by atoms with Crippen LogP contribution < -0.4 is 0 Å². The Morgan fingerprint density at radius 3 is 0.827 bits per heavy atom. The Morgan fingerprint density at radius 2 is 0.520 bits per heavy atom. The van der Waals surface area contributed by atoms with Gasteiger partial charge in [0.25, 0.3) is 0 Å². The van der Waals surface area contributed by atoms with Crippen LogP contribution in [0.4, 0.5) is 0 Å². The molecule has 0 aromatic heterocycles. The summed E-state index contributed by atoms with van der Waals surface area (Å²) in [6.07, 6.45) is 84.0. The molecule has 0 aliphatic rings. The lowest BCUT2D eigenvalue weighted by molar-refractivity contribution is -0.167. The lowest BCUT2D eigenvalue weighted by Gasteiger charge is -2.18. The molecular formula is C69H118O6. The van der Waals surface area contributed by atoms with Gasteiger partial charge in [-0.05, 0) is 122 Å². The van der Waals surface area contributed by atoms with Crippen LogP contribution in [0.3, 0.4) is 0 Å². The molecule has 0 rings (SSSR count). The fourth-order valence-corrected chi connectivity index (χ4v) is 8.79. The zero-order valence-corrected chi connectivity index (χ0v) is 49.3. The molecule has 75 heavy (non-hydrogen) atoms. The van der Waals surface area contributed by atoms with Crippen molar-refractivity contribution in [3.63, 3.8) is 0 Å². The lowest BCUT2D eigenvalue weighted by atomic mass is 10.1. The van der Waals surface area contributed by atoms with Gasteiger partial charge >= 0.3 is 17.9 Å². The van der Waals surface area contributed by atoms with E-state index in [4.69, 9.17) is 14.2 Å². The molecule has 0 aliphatic carbocycles. The van der Waals surface area contributed by atoms with Gasteiger partial charge in [-0.15, -0.1) is 0 Å². The first-order chi connectivity index (χ1) is 37.0. The van der Waals surface area contributed by atoms with Gasteiger partial charge in [-0.25, -0.2) is 0 Å². The second kappa shape index (κ2) is 62.9. The highest BCUT2D eigenvalue weighted by atomic mass is 16.6. The summed E-state index contributed by atoms with van der Waals surface area (Å²) < 4.78 is 16.9. The van der Waals surface area contributed by atoms with Crippen LogP contribution in [0.25, 0.3) is 0 Å². The highest BCUT2D eigenvalue weighted by molar-refractivity contribution is 5.71. The molecule has 0 amide bonds. The molecule has 0 aromatic carbocycles. The first-order valence-electron chi connectivity index (χ1n) is 31.7. The Labute approximate surface area is 464 Å². The van der Waals surface area contributed by atoms with E-state index in [0.717, 1.165) is 116 Å². The molecule has 0 N–H and O–H groups in total. The summed E-state index contributed by atoms with van der Waals surface area (Å²) in [5.74, 6) is -0.906. The quantitative estimate of drug-likeness (QED) is 0.0261. The van der Waals surface area contributed by atoms with Gasteiger partial charge in [0.05, 0.1) is 0 Å². The number of rotatable bonds is 57. The minimum atomic E-state index is -0.791. The van der Waals surface area contributed by atoms with Crippen LogP contribution in [0.15, 0.2) is 97.2 Å². The average molecular weight is 1040 g/mol. The maximum Gasteiger partial charge on any atom is 0.306 e. The second-order valence-corrected chi connectivity index (χ2v) is 20.9. The average Bonchev–Trinajstić information content (AvgIpc) is 3.41. The monoisotopic (exact) mass is 1040 g/mol. The highest BCUT2D eigenvalue weighted by Gasteiger charge is 2.19. The third kappa shape index (κ3) is 61.1. The van der Waals surface area contributed by atoms with Crippen molar-refractivity contribution in [2.75, 3.05) is 13.2 Å². The molecule has 6 heteroatoms. The predicted molar refractivity (Wildman–Crippen MR) is 325 cm³/mol. The van der Waals surface area contributed by atoms with Crippen molar-refractivity contribution in [3.8, 4) is 0 Å². The molecule has 0 spiro atoms. The largest absolute Gasteiger partial charge is 0.462 e. The third-order valence-corrected chi connectivity index (χ3v) is 13.5. The van der Waals surface area contributed by atoms with E-state index in [-0.39, 0.29) is 31.1 Å². The van der Waals surface area contributed by atoms with Gasteiger partial charge in [-0.1, -0.05) is 259 Å². The summed E-state index contributed by atoms with van der Waals surface area (Å²) in [7, 11) is 0. The van der Waals surface area contributed by atoms with Crippen LogP contribution >= 0.6 is 0 Å². The molecule has 0 fully saturated rings. The highest BCUT2D eigenvalue weighted by Crippen LogP contribution is 2.15. The second-order valence-electron chi connectivity index (χ2n) is 20.9. The molecule has 0 radical (unpaired) electrons. The number of hydrogen-bond acceptors (Lipinski definition) is 6. The number of esters is 3. The van der Waals surface area contributed by atoms with Crippen molar-refractivity contribution < 1.29 is 28.6 Å². The van der Waals surface area contributed by atoms with E-state index in [1.54, 1.807) is 0 Å². The van der Waals surface area contributed by atoms with E-state index >= 15 is 0 Å². The Morgan fingerprint density at radius 1 is 0.280 bits per heavy atom. The first-order valence-corrected chi connectivity index (χ1v) is 31.7. The summed E-state index contributed by atoms with van der Waals surface area (Å²) in [6.45, 7) is 6.51. The lowest BCUT2D eigenvalue weighted by Crippen LogP contribution is -2.30. The fourth-order valence-electron chi connectivity index (χ4n) is 8.79. The molecule has 1 atom stereocenters. The minimum absolute atomic E-state index is 0.0876. The Bertz CT molecular complexity index is 1480. The smallest absolute Gasteiger partial charge is 0.306 e. The van der Waals surface area contributed by atoms with Gasteiger partial charge < -0.3 is 14.2 Å². The van der Waals surface area contributed by atoms with E-state index < -0.39 is 6.10 Å². The number of ether oxygens (including phenoxy) is 3. The zero-order valence-electron chi connectivity index (χ0n) is 49.3. The number of carbonyl (C=O) groups is 3. The van der Waals surface area contributed by atoms with E-state index in [2.05, 4.69) is 118 Å². The SMILES string of the molecule is CC/C=C\C/C=C\C/C=C\C/C=C\C/C=C\C/C=C\CCCCCCCCC(=O)OCC(COC(=O)CCCCCCC/C=C\CCCCCCC)OC(=O)CCCCCCCCC/C=C\CCCCCCCCC. The van der Waals surface area contributed by atoms with Crippen molar-refractivity contribution in [2.45, 2.75) is 309 Å². The van der Waals surface area contributed by atoms with E-state index in [1.807, 2.05) is 0 Å². The third-order valence-electron chi connectivity index (χ3n) is 13.5. The molecule has 0 heterocycles. The van der Waals surface area contributed by atoms with Crippen molar-refractivity contribution in [2.24, 2.45) is 0 Å². The minimum Gasteiger partial charge on any atom is -0.462 e. The maximum atomic E-state index is 12.9. The topological polar surface area (TPSA) is 78.9 Å².